The van der Waals surface area contributed by atoms with E-state index in [-0.39, 0.29) is 11.3 Å². The number of aromatic carboxylic acids is 1. The van der Waals surface area contributed by atoms with Crippen LogP contribution in [0.3, 0.4) is 0 Å². The molecule has 0 amide bonds. The standard InChI is InChI=1S/C9H9N3O3/c1-2-12-5-10-4-7(12)8-6(9(13)14)3-11-15-8/h3-5H,2H2,1H3,(H,13,14). The molecule has 0 saturated carbocycles. The van der Waals surface area contributed by atoms with Gasteiger partial charge in [0.15, 0.2) is 5.76 Å². The molecule has 0 saturated heterocycles. The van der Waals surface area contributed by atoms with Crippen LogP contribution in [0.25, 0.3) is 11.5 Å². The van der Waals surface area contributed by atoms with Crippen LogP contribution in [0.4, 0.5) is 0 Å². The van der Waals surface area contributed by atoms with E-state index >= 15 is 0 Å². The molecule has 0 aromatic carbocycles. The summed E-state index contributed by atoms with van der Waals surface area (Å²) in [7, 11) is 0. The maximum Gasteiger partial charge on any atom is 0.341 e. The third kappa shape index (κ3) is 1.50. The highest BCUT2D eigenvalue weighted by Crippen LogP contribution is 2.23. The zero-order valence-corrected chi connectivity index (χ0v) is 8.04. The Balaban J connectivity index is 2.54. The molecule has 0 aliphatic rings. The van der Waals surface area contributed by atoms with Gasteiger partial charge in [0.2, 0.25) is 0 Å². The first-order chi connectivity index (χ1) is 7.24. The van der Waals surface area contributed by atoms with Crippen LogP contribution < -0.4 is 0 Å². The van der Waals surface area contributed by atoms with Gasteiger partial charge < -0.3 is 14.2 Å². The summed E-state index contributed by atoms with van der Waals surface area (Å²) in [6.07, 6.45) is 4.35. The Bertz CT molecular complexity index is 486. The van der Waals surface area contributed by atoms with Crippen LogP contribution in [-0.2, 0) is 6.54 Å². The molecule has 1 N–H and O–H groups in total. The number of carboxylic acid groups (broad SMARTS) is 1. The third-order valence-electron chi connectivity index (χ3n) is 2.09. The van der Waals surface area contributed by atoms with Crippen LogP contribution in [0.1, 0.15) is 17.3 Å². The van der Waals surface area contributed by atoms with Gasteiger partial charge >= 0.3 is 5.97 Å². The number of nitrogens with zero attached hydrogens (tertiary/aromatic N) is 3. The van der Waals surface area contributed by atoms with Crippen molar-refractivity contribution >= 4 is 5.97 Å². The first-order valence-corrected chi connectivity index (χ1v) is 4.42. The van der Waals surface area contributed by atoms with E-state index in [0.717, 1.165) is 0 Å². The molecule has 2 heterocycles. The topological polar surface area (TPSA) is 81.2 Å². The van der Waals surface area contributed by atoms with Gasteiger partial charge in [-0.1, -0.05) is 5.16 Å². The van der Waals surface area contributed by atoms with Crippen molar-refractivity contribution in [3.8, 4) is 11.5 Å². The Morgan fingerprint density at radius 3 is 3.07 bits per heavy atom. The summed E-state index contributed by atoms with van der Waals surface area (Å²) in [6.45, 7) is 2.62. The van der Waals surface area contributed by atoms with Crippen molar-refractivity contribution in [2.75, 3.05) is 0 Å². The average molecular weight is 207 g/mol. The van der Waals surface area contributed by atoms with E-state index in [2.05, 4.69) is 10.1 Å². The first kappa shape index (κ1) is 9.45. The number of aryl methyl sites for hydroxylation is 1. The molecule has 2 aromatic rings. The lowest BCUT2D eigenvalue weighted by molar-refractivity contribution is 0.0697. The summed E-state index contributed by atoms with van der Waals surface area (Å²) in [6, 6.07) is 0. The van der Waals surface area contributed by atoms with E-state index in [1.807, 2.05) is 6.92 Å². The molecule has 6 heteroatoms. The predicted octanol–water partition coefficient (Wildman–Crippen LogP) is 1.26. The smallest absolute Gasteiger partial charge is 0.341 e. The molecule has 6 nitrogen and oxygen atoms in total. The minimum atomic E-state index is -1.06. The van der Waals surface area contributed by atoms with Gasteiger partial charge in [0.1, 0.15) is 11.3 Å². The number of rotatable bonds is 3. The van der Waals surface area contributed by atoms with E-state index in [1.54, 1.807) is 17.1 Å². The molecule has 0 aliphatic carbocycles. The number of hydrogen-bond donors (Lipinski definition) is 1. The Labute approximate surface area is 85.1 Å². The second-order valence-corrected chi connectivity index (χ2v) is 2.94. The molecule has 0 radical (unpaired) electrons. The molecule has 2 rings (SSSR count). The Morgan fingerprint density at radius 1 is 1.60 bits per heavy atom. The van der Waals surface area contributed by atoms with Crippen molar-refractivity contribution in [2.24, 2.45) is 0 Å². The van der Waals surface area contributed by atoms with E-state index in [1.165, 1.54) is 6.20 Å². The molecule has 0 atom stereocenters. The second kappa shape index (κ2) is 3.56. The molecule has 15 heavy (non-hydrogen) atoms. The molecule has 0 fully saturated rings. The maximum absolute atomic E-state index is 10.8. The highest BCUT2D eigenvalue weighted by atomic mass is 16.5. The van der Waals surface area contributed by atoms with Crippen LogP contribution >= 0.6 is 0 Å². The quantitative estimate of drug-likeness (QED) is 0.819. The molecule has 0 aliphatic heterocycles. The molecular formula is C9H9N3O3. The first-order valence-electron chi connectivity index (χ1n) is 4.42. The minimum Gasteiger partial charge on any atom is -0.477 e. The zero-order valence-electron chi connectivity index (χ0n) is 8.04. The summed E-state index contributed by atoms with van der Waals surface area (Å²) >= 11 is 0. The number of aromatic nitrogens is 3. The van der Waals surface area contributed by atoms with E-state index < -0.39 is 5.97 Å². The second-order valence-electron chi connectivity index (χ2n) is 2.94. The van der Waals surface area contributed by atoms with Crippen molar-refractivity contribution in [3.05, 3.63) is 24.3 Å². The van der Waals surface area contributed by atoms with Gasteiger partial charge in [-0.15, -0.1) is 0 Å². The number of carbonyl (C=O) groups is 1. The average Bonchev–Trinajstić information content (AvgIpc) is 2.85. The molecule has 2 aromatic heterocycles. The third-order valence-corrected chi connectivity index (χ3v) is 2.09. The normalized spacial score (nSPS) is 10.5. The van der Waals surface area contributed by atoms with Crippen LogP contribution in [0.2, 0.25) is 0 Å². The highest BCUT2D eigenvalue weighted by molar-refractivity contribution is 5.93. The molecule has 0 unspecified atom stereocenters. The van der Waals surface area contributed by atoms with Crippen LogP contribution in [0, 0.1) is 0 Å². The lowest BCUT2D eigenvalue weighted by atomic mass is 10.2. The monoisotopic (exact) mass is 207 g/mol. The van der Waals surface area contributed by atoms with Crippen molar-refractivity contribution in [1.82, 2.24) is 14.7 Å². The van der Waals surface area contributed by atoms with Gasteiger partial charge in [-0.3, -0.25) is 0 Å². The minimum absolute atomic E-state index is 0.0465. The van der Waals surface area contributed by atoms with Gasteiger partial charge in [0.25, 0.3) is 0 Å². The Kier molecular flexibility index (Phi) is 2.24. The lowest BCUT2D eigenvalue weighted by Gasteiger charge is -2.01. The summed E-state index contributed by atoms with van der Waals surface area (Å²) in [5, 5.41) is 12.4. The number of hydrogen-bond acceptors (Lipinski definition) is 4. The van der Waals surface area contributed by atoms with E-state index in [4.69, 9.17) is 9.63 Å². The van der Waals surface area contributed by atoms with Gasteiger partial charge in [0.05, 0.1) is 18.7 Å². The summed E-state index contributed by atoms with van der Waals surface area (Å²) in [5.74, 6) is -0.822. The van der Waals surface area contributed by atoms with Crippen molar-refractivity contribution in [1.29, 1.82) is 0 Å². The molecule has 78 valence electrons. The van der Waals surface area contributed by atoms with E-state index in [9.17, 15) is 4.79 Å². The SMILES string of the molecule is CCn1cncc1-c1oncc1C(=O)O. The van der Waals surface area contributed by atoms with Crippen molar-refractivity contribution in [3.63, 3.8) is 0 Å². The fraction of sp³-hybridized carbons (Fsp3) is 0.222. The summed E-state index contributed by atoms with van der Waals surface area (Å²) in [4.78, 5) is 14.8. The van der Waals surface area contributed by atoms with Crippen LogP contribution in [-0.4, -0.2) is 25.8 Å². The largest absolute Gasteiger partial charge is 0.477 e. The fourth-order valence-corrected chi connectivity index (χ4v) is 1.34. The number of carboxylic acids is 1. The van der Waals surface area contributed by atoms with Gasteiger partial charge in [-0.05, 0) is 6.92 Å². The van der Waals surface area contributed by atoms with Crippen molar-refractivity contribution in [2.45, 2.75) is 13.5 Å². The molecule has 0 spiro atoms. The zero-order chi connectivity index (χ0) is 10.8. The lowest BCUT2D eigenvalue weighted by Crippen LogP contribution is -2.00. The fourth-order valence-electron chi connectivity index (χ4n) is 1.34. The van der Waals surface area contributed by atoms with Crippen molar-refractivity contribution < 1.29 is 14.4 Å². The summed E-state index contributed by atoms with van der Waals surface area (Å²) < 4.78 is 6.71. The molecule has 0 bridgehead atoms. The summed E-state index contributed by atoms with van der Waals surface area (Å²) in [5.41, 5.74) is 0.664. The van der Waals surface area contributed by atoms with Gasteiger partial charge in [-0.2, -0.15) is 0 Å². The Hall–Kier alpha value is -2.11. The Morgan fingerprint density at radius 2 is 2.40 bits per heavy atom. The van der Waals surface area contributed by atoms with E-state index in [0.29, 0.717) is 12.2 Å². The molecular weight excluding hydrogens is 198 g/mol. The van der Waals surface area contributed by atoms with Crippen LogP contribution in [0.15, 0.2) is 23.2 Å². The highest BCUT2D eigenvalue weighted by Gasteiger charge is 2.19. The maximum atomic E-state index is 10.8. The van der Waals surface area contributed by atoms with Crippen LogP contribution in [0.5, 0.6) is 0 Å². The number of imidazole rings is 1. The predicted molar refractivity (Wildman–Crippen MR) is 50.4 cm³/mol. The van der Waals surface area contributed by atoms with Gasteiger partial charge in [-0.25, -0.2) is 9.78 Å². The van der Waals surface area contributed by atoms with Gasteiger partial charge in [0, 0.05) is 6.54 Å².